The minimum atomic E-state index is -4.47. The first-order chi connectivity index (χ1) is 10.8. The lowest BCUT2D eigenvalue weighted by Gasteiger charge is -2.19. The summed E-state index contributed by atoms with van der Waals surface area (Å²) in [6.45, 7) is 0. The van der Waals surface area contributed by atoms with Crippen LogP contribution in [0.2, 0.25) is 5.02 Å². The molecule has 0 spiro atoms. The van der Waals surface area contributed by atoms with Gasteiger partial charge in [0.1, 0.15) is 5.88 Å². The summed E-state index contributed by atoms with van der Waals surface area (Å²) in [6, 6.07) is 7.94. The number of nitrogens with zero attached hydrogens (tertiary/aromatic N) is 1. The largest absolute Gasteiger partial charge is 0.417 e. The van der Waals surface area contributed by atoms with Gasteiger partial charge in [-0.25, -0.2) is 0 Å². The van der Waals surface area contributed by atoms with Crippen molar-refractivity contribution in [2.75, 3.05) is 5.88 Å². The van der Waals surface area contributed by atoms with Gasteiger partial charge in [0.05, 0.1) is 17.3 Å². The lowest BCUT2D eigenvalue weighted by molar-refractivity contribution is -0.137. The van der Waals surface area contributed by atoms with Gasteiger partial charge in [-0.2, -0.15) is 13.2 Å². The van der Waals surface area contributed by atoms with E-state index in [1.165, 1.54) is 6.07 Å². The van der Waals surface area contributed by atoms with Crippen molar-refractivity contribution in [1.82, 2.24) is 10.3 Å². The Kier molecular flexibility index (Phi) is 7.32. The van der Waals surface area contributed by atoms with Crippen LogP contribution in [-0.4, -0.2) is 16.8 Å². The molecule has 0 aliphatic carbocycles. The number of pyridine rings is 1. The smallest absolute Gasteiger partial charge is 0.343 e. The Labute approximate surface area is 152 Å². The molecule has 0 fully saturated rings. The minimum absolute atomic E-state index is 0. The second kappa shape index (κ2) is 8.55. The zero-order valence-electron chi connectivity index (χ0n) is 12.0. The van der Waals surface area contributed by atoms with Gasteiger partial charge in [0.15, 0.2) is 0 Å². The van der Waals surface area contributed by atoms with E-state index in [4.69, 9.17) is 23.2 Å². The van der Waals surface area contributed by atoms with Crippen molar-refractivity contribution >= 4 is 41.5 Å². The molecule has 1 atom stereocenters. The molecule has 0 saturated heterocycles. The predicted octanol–water partition coefficient (Wildman–Crippen LogP) is 4.62. The van der Waals surface area contributed by atoms with E-state index in [-0.39, 0.29) is 24.0 Å². The summed E-state index contributed by atoms with van der Waals surface area (Å²) in [6.07, 6.45) is -3.74. The average Bonchev–Trinajstić information content (AvgIpc) is 2.52. The van der Waals surface area contributed by atoms with E-state index in [0.717, 1.165) is 12.3 Å². The van der Waals surface area contributed by atoms with E-state index in [2.05, 4.69) is 10.3 Å². The van der Waals surface area contributed by atoms with Crippen molar-refractivity contribution in [1.29, 1.82) is 0 Å². The van der Waals surface area contributed by atoms with Gasteiger partial charge < -0.3 is 5.32 Å². The standard InChI is InChI=1S/C15H11Cl2F3N2O.ClH/c16-7-13(23)22-14(9-1-4-11(17)5-2-9)12-6-3-10(8-21-12)15(18,19)20;/h1-6,8,14H,7H2,(H,22,23);1H. The molecule has 1 aromatic carbocycles. The molecular formula is C15H12Cl3F3N2O. The van der Waals surface area contributed by atoms with Crippen LogP contribution in [-0.2, 0) is 11.0 Å². The minimum Gasteiger partial charge on any atom is -0.343 e. The quantitative estimate of drug-likeness (QED) is 0.762. The second-order valence-electron chi connectivity index (χ2n) is 4.66. The van der Waals surface area contributed by atoms with Crippen LogP contribution in [0.25, 0.3) is 0 Å². The molecule has 2 aromatic rings. The van der Waals surface area contributed by atoms with Crippen LogP contribution in [0.4, 0.5) is 13.2 Å². The normalized spacial score (nSPS) is 12.2. The first-order valence-electron chi connectivity index (χ1n) is 6.45. The number of alkyl halides is 4. The fraction of sp³-hybridized carbons (Fsp3) is 0.200. The fourth-order valence-electron chi connectivity index (χ4n) is 1.93. The summed E-state index contributed by atoms with van der Waals surface area (Å²) in [4.78, 5) is 15.4. The maximum atomic E-state index is 12.6. The first-order valence-corrected chi connectivity index (χ1v) is 7.36. The third kappa shape index (κ3) is 5.26. The Hall–Kier alpha value is -1.50. The third-order valence-electron chi connectivity index (χ3n) is 3.04. The van der Waals surface area contributed by atoms with Crippen molar-refractivity contribution < 1.29 is 18.0 Å². The zero-order chi connectivity index (χ0) is 17.0. The maximum Gasteiger partial charge on any atom is 0.417 e. The molecule has 0 radical (unpaired) electrons. The van der Waals surface area contributed by atoms with Gasteiger partial charge in [-0.15, -0.1) is 24.0 Å². The predicted molar refractivity (Wildman–Crippen MR) is 88.6 cm³/mol. The molecule has 0 bridgehead atoms. The number of aromatic nitrogens is 1. The lowest BCUT2D eigenvalue weighted by Crippen LogP contribution is -2.30. The molecular weight excluding hydrogens is 388 g/mol. The van der Waals surface area contributed by atoms with Crippen molar-refractivity contribution in [3.8, 4) is 0 Å². The van der Waals surface area contributed by atoms with E-state index in [1.807, 2.05) is 0 Å². The Morgan fingerprint density at radius 3 is 2.25 bits per heavy atom. The van der Waals surface area contributed by atoms with Crippen LogP contribution in [0.5, 0.6) is 0 Å². The number of hydrogen-bond donors (Lipinski definition) is 1. The summed E-state index contributed by atoms with van der Waals surface area (Å²) < 4.78 is 37.8. The van der Waals surface area contributed by atoms with Crippen LogP contribution < -0.4 is 5.32 Å². The molecule has 1 N–H and O–H groups in total. The summed E-state index contributed by atoms with van der Waals surface area (Å²) >= 11 is 11.3. The van der Waals surface area contributed by atoms with Crippen molar-refractivity contribution in [3.05, 3.63) is 64.4 Å². The van der Waals surface area contributed by atoms with Gasteiger partial charge in [0.25, 0.3) is 0 Å². The lowest BCUT2D eigenvalue weighted by atomic mass is 10.0. The van der Waals surface area contributed by atoms with E-state index in [1.54, 1.807) is 24.3 Å². The van der Waals surface area contributed by atoms with Gasteiger partial charge in [-0.3, -0.25) is 9.78 Å². The number of carbonyl (C=O) groups excluding carboxylic acids is 1. The van der Waals surface area contributed by atoms with Crippen LogP contribution in [0.3, 0.4) is 0 Å². The Morgan fingerprint density at radius 1 is 1.17 bits per heavy atom. The van der Waals surface area contributed by atoms with E-state index >= 15 is 0 Å². The summed E-state index contributed by atoms with van der Waals surface area (Å²) in [7, 11) is 0. The Bertz CT molecular complexity index is 676. The SMILES string of the molecule is Cl.O=C(CCl)NC(c1ccc(Cl)cc1)c1ccc(C(F)(F)F)cn1. The fourth-order valence-corrected chi connectivity index (χ4v) is 2.13. The first kappa shape index (κ1) is 20.5. The molecule has 1 amide bonds. The number of hydrogen-bond acceptors (Lipinski definition) is 2. The number of halogens is 6. The number of amides is 1. The zero-order valence-corrected chi connectivity index (χ0v) is 14.3. The van der Waals surface area contributed by atoms with Gasteiger partial charge >= 0.3 is 6.18 Å². The number of carbonyl (C=O) groups is 1. The number of benzene rings is 1. The summed E-state index contributed by atoms with van der Waals surface area (Å²) in [5.74, 6) is -0.738. The highest BCUT2D eigenvalue weighted by molar-refractivity contribution is 6.30. The summed E-state index contributed by atoms with van der Waals surface area (Å²) in [5, 5.41) is 3.12. The second-order valence-corrected chi connectivity index (χ2v) is 5.36. The highest BCUT2D eigenvalue weighted by atomic mass is 35.5. The molecule has 9 heteroatoms. The average molecular weight is 400 g/mol. The van der Waals surface area contributed by atoms with Crippen molar-refractivity contribution in [2.45, 2.75) is 12.2 Å². The highest BCUT2D eigenvalue weighted by Gasteiger charge is 2.31. The maximum absolute atomic E-state index is 12.6. The summed E-state index contributed by atoms with van der Waals surface area (Å²) in [5.41, 5.74) is 0.0266. The van der Waals surface area contributed by atoms with Crippen LogP contribution in [0, 0.1) is 0 Å². The van der Waals surface area contributed by atoms with E-state index in [0.29, 0.717) is 10.6 Å². The topological polar surface area (TPSA) is 42.0 Å². The molecule has 1 aromatic heterocycles. The molecule has 1 heterocycles. The molecule has 3 nitrogen and oxygen atoms in total. The number of rotatable bonds is 4. The van der Waals surface area contributed by atoms with Crippen molar-refractivity contribution in [3.63, 3.8) is 0 Å². The monoisotopic (exact) mass is 398 g/mol. The van der Waals surface area contributed by atoms with Gasteiger partial charge in [-0.1, -0.05) is 23.7 Å². The molecule has 0 saturated carbocycles. The van der Waals surface area contributed by atoms with Gasteiger partial charge in [-0.05, 0) is 29.8 Å². The van der Waals surface area contributed by atoms with E-state index in [9.17, 15) is 18.0 Å². The van der Waals surface area contributed by atoms with Gasteiger partial charge in [0.2, 0.25) is 5.91 Å². The van der Waals surface area contributed by atoms with E-state index < -0.39 is 23.7 Å². The molecule has 0 aliphatic heterocycles. The van der Waals surface area contributed by atoms with Crippen LogP contribution in [0.15, 0.2) is 42.6 Å². The molecule has 0 aliphatic rings. The number of nitrogens with one attached hydrogen (secondary N) is 1. The van der Waals surface area contributed by atoms with Gasteiger partial charge in [0, 0.05) is 11.2 Å². The molecule has 130 valence electrons. The van der Waals surface area contributed by atoms with Crippen LogP contribution >= 0.6 is 35.6 Å². The molecule has 1 unspecified atom stereocenters. The van der Waals surface area contributed by atoms with Crippen LogP contribution in [0.1, 0.15) is 22.9 Å². The Balaban J connectivity index is 0.00000288. The third-order valence-corrected chi connectivity index (χ3v) is 3.53. The Morgan fingerprint density at radius 2 is 1.79 bits per heavy atom. The molecule has 2 rings (SSSR count). The van der Waals surface area contributed by atoms with Crippen molar-refractivity contribution in [2.24, 2.45) is 0 Å². The molecule has 24 heavy (non-hydrogen) atoms. The highest BCUT2D eigenvalue weighted by Crippen LogP contribution is 2.30.